The summed E-state index contributed by atoms with van der Waals surface area (Å²) in [6, 6.07) is 0. The standard InChI is InChI=1S/C19H38N4O2.HI/c1-19(2,3)23-17(24)15-22-18(20-4)21-13-9-10-14-25-16-11-7-5-6-8-12-16;/h16H,5-15H2,1-4H3,(H,23,24)(H2,20,21,22);1H. The van der Waals surface area contributed by atoms with Crippen molar-refractivity contribution in [3.63, 3.8) is 0 Å². The lowest BCUT2D eigenvalue weighted by Crippen LogP contribution is -2.48. The van der Waals surface area contributed by atoms with Crippen LogP contribution in [0.25, 0.3) is 0 Å². The molecular weight excluding hydrogens is 443 g/mol. The molecule has 0 atom stereocenters. The summed E-state index contributed by atoms with van der Waals surface area (Å²) in [5.41, 5.74) is -0.215. The molecule has 7 heteroatoms. The van der Waals surface area contributed by atoms with E-state index in [1.54, 1.807) is 7.05 Å². The highest BCUT2D eigenvalue weighted by molar-refractivity contribution is 14.0. The van der Waals surface area contributed by atoms with E-state index in [1.165, 1.54) is 38.5 Å². The van der Waals surface area contributed by atoms with Crippen LogP contribution in [0.5, 0.6) is 0 Å². The third-order valence-corrected chi connectivity index (χ3v) is 4.17. The fourth-order valence-corrected chi connectivity index (χ4v) is 2.94. The van der Waals surface area contributed by atoms with Crippen molar-refractivity contribution >= 4 is 35.8 Å². The number of aliphatic imine (C=N–C) groups is 1. The number of nitrogens with one attached hydrogen (secondary N) is 3. The molecule has 0 aromatic carbocycles. The molecule has 0 bridgehead atoms. The number of guanidine groups is 1. The molecule has 0 aliphatic heterocycles. The number of rotatable bonds is 8. The molecule has 1 aliphatic carbocycles. The second-order valence-electron chi connectivity index (χ2n) is 7.84. The molecule has 0 unspecified atom stereocenters. The van der Waals surface area contributed by atoms with Gasteiger partial charge in [0, 0.05) is 25.7 Å². The van der Waals surface area contributed by atoms with E-state index < -0.39 is 0 Å². The Morgan fingerprint density at radius 2 is 1.73 bits per heavy atom. The minimum absolute atomic E-state index is 0. The first kappa shape index (κ1) is 25.4. The summed E-state index contributed by atoms with van der Waals surface area (Å²) in [4.78, 5) is 15.9. The van der Waals surface area contributed by atoms with Crippen molar-refractivity contribution in [3.05, 3.63) is 0 Å². The molecule has 3 N–H and O–H groups in total. The third-order valence-electron chi connectivity index (χ3n) is 4.17. The average molecular weight is 482 g/mol. The summed E-state index contributed by atoms with van der Waals surface area (Å²) in [5, 5.41) is 9.19. The first-order valence-corrected chi connectivity index (χ1v) is 9.78. The van der Waals surface area contributed by atoms with Crippen molar-refractivity contribution < 1.29 is 9.53 Å². The number of amides is 1. The number of nitrogens with zero attached hydrogens (tertiary/aromatic N) is 1. The zero-order valence-corrected chi connectivity index (χ0v) is 19.4. The highest BCUT2D eigenvalue weighted by Gasteiger charge is 2.14. The van der Waals surface area contributed by atoms with Crippen LogP contribution in [0.2, 0.25) is 0 Å². The molecule has 26 heavy (non-hydrogen) atoms. The molecule has 0 saturated heterocycles. The highest BCUT2D eigenvalue weighted by Crippen LogP contribution is 2.19. The highest BCUT2D eigenvalue weighted by atomic mass is 127. The van der Waals surface area contributed by atoms with Crippen LogP contribution in [-0.4, -0.2) is 50.3 Å². The molecule has 6 nitrogen and oxygen atoms in total. The van der Waals surface area contributed by atoms with Gasteiger partial charge in [-0.05, 0) is 46.5 Å². The van der Waals surface area contributed by atoms with Crippen molar-refractivity contribution in [1.82, 2.24) is 16.0 Å². The molecule has 0 heterocycles. The van der Waals surface area contributed by atoms with Gasteiger partial charge in [-0.2, -0.15) is 0 Å². The second-order valence-corrected chi connectivity index (χ2v) is 7.84. The summed E-state index contributed by atoms with van der Waals surface area (Å²) >= 11 is 0. The van der Waals surface area contributed by atoms with Gasteiger partial charge in [-0.3, -0.25) is 9.79 Å². The number of carbonyl (C=O) groups is 1. The SMILES string of the molecule is CN=C(NCCCCOC1CCCCCC1)NCC(=O)NC(C)(C)C.I. The van der Waals surface area contributed by atoms with E-state index in [1.807, 2.05) is 20.8 Å². The van der Waals surface area contributed by atoms with Crippen LogP contribution >= 0.6 is 24.0 Å². The van der Waals surface area contributed by atoms with E-state index in [4.69, 9.17) is 4.74 Å². The molecule has 0 aromatic heterocycles. The minimum Gasteiger partial charge on any atom is -0.378 e. The Kier molecular flexibility index (Phi) is 14.2. The lowest BCUT2D eigenvalue weighted by atomic mass is 10.1. The van der Waals surface area contributed by atoms with Gasteiger partial charge in [0.15, 0.2) is 5.96 Å². The Morgan fingerprint density at radius 1 is 1.08 bits per heavy atom. The summed E-state index contributed by atoms with van der Waals surface area (Å²) in [7, 11) is 1.71. The minimum atomic E-state index is -0.215. The van der Waals surface area contributed by atoms with Crippen molar-refractivity contribution in [3.8, 4) is 0 Å². The summed E-state index contributed by atoms with van der Waals surface area (Å²) in [6.07, 6.45) is 10.4. The van der Waals surface area contributed by atoms with E-state index in [0.29, 0.717) is 12.1 Å². The average Bonchev–Trinajstić information content (AvgIpc) is 2.80. The van der Waals surface area contributed by atoms with Gasteiger partial charge in [0.2, 0.25) is 5.91 Å². The first-order valence-electron chi connectivity index (χ1n) is 9.78. The summed E-state index contributed by atoms with van der Waals surface area (Å²) in [6.45, 7) is 7.79. The Hall–Kier alpha value is -0.570. The maximum absolute atomic E-state index is 11.8. The van der Waals surface area contributed by atoms with Crippen molar-refractivity contribution in [2.45, 2.75) is 83.8 Å². The molecule has 1 rings (SSSR count). The lowest BCUT2D eigenvalue weighted by Gasteiger charge is -2.21. The predicted molar refractivity (Wildman–Crippen MR) is 119 cm³/mol. The van der Waals surface area contributed by atoms with E-state index >= 15 is 0 Å². The van der Waals surface area contributed by atoms with Gasteiger partial charge in [0.05, 0.1) is 12.6 Å². The maximum atomic E-state index is 11.8. The van der Waals surface area contributed by atoms with Crippen LogP contribution in [0, 0.1) is 0 Å². The molecular formula is C19H39IN4O2. The predicted octanol–water partition coefficient (Wildman–Crippen LogP) is 3.20. The molecule has 1 amide bonds. The molecule has 154 valence electrons. The zero-order chi connectivity index (χ0) is 18.5. The van der Waals surface area contributed by atoms with E-state index in [0.717, 1.165) is 26.0 Å². The smallest absolute Gasteiger partial charge is 0.239 e. The number of unbranched alkanes of at least 4 members (excludes halogenated alkanes) is 1. The molecule has 1 aliphatic rings. The number of ether oxygens (including phenoxy) is 1. The third kappa shape index (κ3) is 13.6. The van der Waals surface area contributed by atoms with Crippen molar-refractivity contribution in [2.75, 3.05) is 26.7 Å². The molecule has 1 fully saturated rings. The van der Waals surface area contributed by atoms with Crippen LogP contribution in [0.3, 0.4) is 0 Å². The maximum Gasteiger partial charge on any atom is 0.239 e. The quantitative estimate of drug-likeness (QED) is 0.163. The summed E-state index contributed by atoms with van der Waals surface area (Å²) in [5.74, 6) is 0.626. The number of halogens is 1. The van der Waals surface area contributed by atoms with E-state index in [9.17, 15) is 4.79 Å². The van der Waals surface area contributed by atoms with Gasteiger partial charge in [-0.15, -0.1) is 24.0 Å². The monoisotopic (exact) mass is 482 g/mol. The van der Waals surface area contributed by atoms with Crippen LogP contribution in [-0.2, 0) is 9.53 Å². The molecule has 1 saturated carbocycles. The fraction of sp³-hybridized carbons (Fsp3) is 0.895. The number of hydrogen-bond acceptors (Lipinski definition) is 3. The van der Waals surface area contributed by atoms with Gasteiger partial charge >= 0.3 is 0 Å². The molecule has 0 aromatic rings. The Morgan fingerprint density at radius 3 is 2.31 bits per heavy atom. The summed E-state index contributed by atoms with van der Waals surface area (Å²) < 4.78 is 6.00. The van der Waals surface area contributed by atoms with Crippen LogP contribution in [0.1, 0.15) is 72.1 Å². The van der Waals surface area contributed by atoms with E-state index in [2.05, 4.69) is 20.9 Å². The van der Waals surface area contributed by atoms with Crippen molar-refractivity contribution in [2.24, 2.45) is 4.99 Å². The van der Waals surface area contributed by atoms with Gasteiger partial charge in [-0.1, -0.05) is 25.7 Å². The molecule has 0 spiro atoms. The fourth-order valence-electron chi connectivity index (χ4n) is 2.94. The zero-order valence-electron chi connectivity index (χ0n) is 17.0. The molecule has 0 radical (unpaired) electrons. The topological polar surface area (TPSA) is 74.8 Å². The van der Waals surface area contributed by atoms with Crippen LogP contribution in [0.4, 0.5) is 0 Å². The second kappa shape index (κ2) is 14.5. The first-order chi connectivity index (χ1) is 11.9. The Labute approximate surface area is 176 Å². The van der Waals surface area contributed by atoms with Crippen LogP contribution < -0.4 is 16.0 Å². The Bertz CT molecular complexity index is 403. The largest absolute Gasteiger partial charge is 0.378 e. The van der Waals surface area contributed by atoms with Crippen molar-refractivity contribution in [1.29, 1.82) is 0 Å². The van der Waals surface area contributed by atoms with Gasteiger partial charge in [0.1, 0.15) is 0 Å². The van der Waals surface area contributed by atoms with E-state index in [-0.39, 0.29) is 42.0 Å². The lowest BCUT2D eigenvalue weighted by molar-refractivity contribution is -0.121. The number of hydrogen-bond donors (Lipinski definition) is 3. The van der Waals surface area contributed by atoms with Gasteiger partial charge < -0.3 is 20.7 Å². The van der Waals surface area contributed by atoms with Gasteiger partial charge in [0.25, 0.3) is 0 Å². The normalized spacial score (nSPS) is 16.4. The van der Waals surface area contributed by atoms with Gasteiger partial charge in [-0.25, -0.2) is 0 Å². The Balaban J connectivity index is 0.00000625. The van der Waals surface area contributed by atoms with Crippen LogP contribution in [0.15, 0.2) is 4.99 Å². The number of carbonyl (C=O) groups excluding carboxylic acids is 1.